The topological polar surface area (TPSA) is 21.3 Å². The summed E-state index contributed by atoms with van der Waals surface area (Å²) >= 11 is 0. The highest BCUT2D eigenvalue weighted by Gasteiger charge is 2.24. The van der Waals surface area contributed by atoms with Crippen LogP contribution in [0.25, 0.3) is 82.8 Å². The Morgan fingerprint density at radius 3 is 1.67 bits per heavy atom. The lowest BCUT2D eigenvalue weighted by molar-refractivity contribution is 0.669. The summed E-state index contributed by atoms with van der Waals surface area (Å²) in [6.45, 7) is 0. The average molecular weight is 729 g/mol. The summed E-state index contributed by atoms with van der Waals surface area (Å²) in [5.41, 5.74) is 15.4. The van der Waals surface area contributed by atoms with E-state index in [0.717, 1.165) is 50.2 Å². The Labute approximate surface area is 330 Å². The van der Waals surface area contributed by atoms with Crippen molar-refractivity contribution >= 4 is 60.8 Å². The molecule has 0 bridgehead atoms. The van der Waals surface area contributed by atoms with E-state index in [2.05, 4.69) is 216 Å². The molecule has 0 atom stereocenters. The highest BCUT2D eigenvalue weighted by atomic mass is 16.3. The van der Waals surface area contributed by atoms with Gasteiger partial charge in [0.1, 0.15) is 11.2 Å². The molecule has 0 aliphatic rings. The highest BCUT2D eigenvalue weighted by molar-refractivity contribution is 6.21. The van der Waals surface area contributed by atoms with Gasteiger partial charge in [0.05, 0.1) is 16.7 Å². The van der Waals surface area contributed by atoms with Gasteiger partial charge >= 0.3 is 0 Å². The lowest BCUT2D eigenvalue weighted by Crippen LogP contribution is -2.10. The Balaban J connectivity index is 1.24. The van der Waals surface area contributed by atoms with Gasteiger partial charge in [-0.1, -0.05) is 146 Å². The zero-order valence-corrected chi connectivity index (χ0v) is 31.1. The largest absolute Gasteiger partial charge is 0.456 e. The fourth-order valence-electron chi connectivity index (χ4n) is 8.56. The number of para-hydroxylation sites is 2. The molecular formula is C54H36N2O. The lowest BCUT2D eigenvalue weighted by Gasteiger charge is -2.27. The molecule has 0 N–H and O–H groups in total. The Hall–Kier alpha value is -7.62. The van der Waals surface area contributed by atoms with Crippen molar-refractivity contribution in [3.63, 3.8) is 0 Å². The van der Waals surface area contributed by atoms with Crippen LogP contribution in [-0.4, -0.2) is 4.57 Å². The van der Waals surface area contributed by atoms with Crippen molar-refractivity contribution in [2.45, 2.75) is 0 Å². The van der Waals surface area contributed by atoms with Crippen LogP contribution in [-0.2, 0) is 0 Å². The maximum Gasteiger partial charge on any atom is 0.137 e. The Morgan fingerprint density at radius 1 is 0.368 bits per heavy atom. The first-order chi connectivity index (χ1) is 28.3. The van der Waals surface area contributed by atoms with Crippen molar-refractivity contribution in [3.8, 4) is 39.1 Å². The van der Waals surface area contributed by atoms with Crippen molar-refractivity contribution < 1.29 is 4.42 Å². The first-order valence-electron chi connectivity index (χ1n) is 19.4. The standard InChI is InChI=1S/C54H36N2O/c1-5-16-37(17-6-1)39-28-30-43(31-29-39)55(44-32-33-46-45-24-13-14-27-51(45)57-52(46)36-44)49-25-15-26-50-53(49)48-35-41(38-18-7-2-8-19-38)34-47(40-20-9-3-10-21-40)54(48)56(50)42-22-11-4-12-23-42/h1-36H. The van der Waals surface area contributed by atoms with Crippen LogP contribution in [0.15, 0.2) is 223 Å². The van der Waals surface area contributed by atoms with Crippen molar-refractivity contribution in [3.05, 3.63) is 218 Å². The summed E-state index contributed by atoms with van der Waals surface area (Å²) in [7, 11) is 0. The number of rotatable bonds is 7. The number of anilines is 3. The number of hydrogen-bond donors (Lipinski definition) is 0. The van der Waals surface area contributed by atoms with E-state index in [1.807, 2.05) is 12.1 Å². The van der Waals surface area contributed by atoms with Crippen LogP contribution < -0.4 is 4.90 Å². The highest BCUT2D eigenvalue weighted by Crippen LogP contribution is 2.48. The van der Waals surface area contributed by atoms with Gasteiger partial charge in [-0.05, 0) is 94.5 Å². The molecule has 0 unspecified atom stereocenters. The van der Waals surface area contributed by atoms with Gasteiger partial charge < -0.3 is 13.9 Å². The summed E-state index contributed by atoms with van der Waals surface area (Å²) in [6.07, 6.45) is 0. The molecule has 3 heteroatoms. The second-order valence-corrected chi connectivity index (χ2v) is 14.5. The first-order valence-corrected chi connectivity index (χ1v) is 19.4. The van der Waals surface area contributed by atoms with Crippen molar-refractivity contribution in [2.24, 2.45) is 0 Å². The third-order valence-corrected chi connectivity index (χ3v) is 11.2. The summed E-state index contributed by atoms with van der Waals surface area (Å²) in [4.78, 5) is 2.40. The fourth-order valence-corrected chi connectivity index (χ4v) is 8.56. The molecule has 268 valence electrons. The van der Waals surface area contributed by atoms with E-state index in [1.54, 1.807) is 0 Å². The lowest BCUT2D eigenvalue weighted by atomic mass is 9.95. The minimum absolute atomic E-state index is 0.858. The van der Waals surface area contributed by atoms with Gasteiger partial charge in [-0.15, -0.1) is 0 Å². The minimum atomic E-state index is 0.858. The van der Waals surface area contributed by atoms with Gasteiger partial charge in [0, 0.05) is 50.2 Å². The van der Waals surface area contributed by atoms with E-state index in [9.17, 15) is 0 Å². The van der Waals surface area contributed by atoms with Gasteiger partial charge in [0.25, 0.3) is 0 Å². The van der Waals surface area contributed by atoms with Gasteiger partial charge in [-0.3, -0.25) is 0 Å². The normalized spacial score (nSPS) is 11.5. The summed E-state index contributed by atoms with van der Waals surface area (Å²) in [5.74, 6) is 0. The molecular weight excluding hydrogens is 693 g/mol. The van der Waals surface area contributed by atoms with E-state index in [0.29, 0.717) is 0 Å². The van der Waals surface area contributed by atoms with Crippen LogP contribution in [0.4, 0.5) is 17.1 Å². The zero-order valence-electron chi connectivity index (χ0n) is 31.1. The summed E-state index contributed by atoms with van der Waals surface area (Å²) in [6, 6.07) is 78.2. The Kier molecular flexibility index (Phi) is 7.82. The summed E-state index contributed by atoms with van der Waals surface area (Å²) in [5, 5.41) is 4.57. The minimum Gasteiger partial charge on any atom is -0.456 e. The SMILES string of the molecule is c1ccc(-c2ccc(N(c3ccc4c(c3)oc3ccccc34)c3cccc4c3c3cc(-c5ccccc5)cc(-c5ccccc5)c3n4-c3ccccc3)cc2)cc1. The Morgan fingerprint density at radius 2 is 0.947 bits per heavy atom. The second-order valence-electron chi connectivity index (χ2n) is 14.5. The van der Waals surface area contributed by atoms with Crippen LogP contribution in [0, 0.1) is 0 Å². The monoisotopic (exact) mass is 728 g/mol. The second kappa shape index (κ2) is 13.6. The molecule has 0 radical (unpaired) electrons. The molecule has 11 rings (SSSR count). The number of hydrogen-bond acceptors (Lipinski definition) is 2. The number of benzene rings is 9. The third-order valence-electron chi connectivity index (χ3n) is 11.2. The molecule has 11 aromatic rings. The van der Waals surface area contributed by atoms with Gasteiger partial charge in [-0.25, -0.2) is 0 Å². The fraction of sp³-hybridized carbons (Fsp3) is 0. The van der Waals surface area contributed by atoms with Crippen LogP contribution in [0.5, 0.6) is 0 Å². The molecule has 0 saturated heterocycles. The van der Waals surface area contributed by atoms with Gasteiger partial charge in [0.2, 0.25) is 0 Å². The summed E-state index contributed by atoms with van der Waals surface area (Å²) < 4.78 is 8.96. The zero-order chi connectivity index (χ0) is 37.7. The predicted molar refractivity (Wildman–Crippen MR) is 239 cm³/mol. The molecule has 0 aliphatic carbocycles. The average Bonchev–Trinajstić information content (AvgIpc) is 3.83. The van der Waals surface area contributed by atoms with Gasteiger partial charge in [0.15, 0.2) is 0 Å². The molecule has 2 heterocycles. The quantitative estimate of drug-likeness (QED) is 0.163. The van der Waals surface area contributed by atoms with Crippen LogP contribution >= 0.6 is 0 Å². The van der Waals surface area contributed by atoms with Gasteiger partial charge in [-0.2, -0.15) is 0 Å². The van der Waals surface area contributed by atoms with E-state index in [-0.39, 0.29) is 0 Å². The van der Waals surface area contributed by atoms with E-state index in [4.69, 9.17) is 4.42 Å². The maximum absolute atomic E-state index is 6.51. The molecule has 57 heavy (non-hydrogen) atoms. The molecule has 9 aromatic carbocycles. The van der Waals surface area contributed by atoms with Crippen LogP contribution in [0.2, 0.25) is 0 Å². The predicted octanol–water partition coefficient (Wildman–Crippen LogP) is 15.2. The number of fused-ring (bicyclic) bond motifs is 6. The number of aromatic nitrogens is 1. The first kappa shape index (κ1) is 32.8. The Bertz CT molecular complexity index is 3200. The number of furan rings is 1. The van der Waals surface area contributed by atoms with Crippen molar-refractivity contribution in [1.29, 1.82) is 0 Å². The van der Waals surface area contributed by atoms with E-state index < -0.39 is 0 Å². The molecule has 0 fully saturated rings. The molecule has 0 aliphatic heterocycles. The van der Waals surface area contributed by atoms with Crippen LogP contribution in [0.1, 0.15) is 0 Å². The third kappa shape index (κ3) is 5.60. The van der Waals surface area contributed by atoms with E-state index >= 15 is 0 Å². The number of nitrogens with zero attached hydrogens (tertiary/aromatic N) is 2. The van der Waals surface area contributed by atoms with E-state index in [1.165, 1.54) is 49.7 Å². The molecule has 0 spiro atoms. The van der Waals surface area contributed by atoms with Crippen molar-refractivity contribution in [1.82, 2.24) is 4.57 Å². The molecule has 3 nitrogen and oxygen atoms in total. The molecule has 0 saturated carbocycles. The molecule has 0 amide bonds. The van der Waals surface area contributed by atoms with Crippen LogP contribution in [0.3, 0.4) is 0 Å². The smallest absolute Gasteiger partial charge is 0.137 e. The molecule has 2 aromatic heterocycles. The maximum atomic E-state index is 6.51. The van der Waals surface area contributed by atoms with Crippen molar-refractivity contribution in [2.75, 3.05) is 4.90 Å².